The first-order valence-electron chi connectivity index (χ1n) is 6.17. The molecule has 3 heterocycles. The van der Waals surface area contributed by atoms with Crippen molar-refractivity contribution in [3.63, 3.8) is 0 Å². The number of nitrogens with zero attached hydrogens (tertiary/aromatic N) is 2. The van der Waals surface area contributed by atoms with Gasteiger partial charge in [-0.1, -0.05) is 6.07 Å². The smallest absolute Gasteiger partial charge is 0.170 e. The predicted octanol–water partition coefficient (Wildman–Crippen LogP) is 2.59. The molecule has 0 aliphatic carbocycles. The maximum atomic E-state index is 5.77. The van der Waals surface area contributed by atoms with Gasteiger partial charge in [-0.15, -0.1) is 0 Å². The van der Waals surface area contributed by atoms with Crippen LogP contribution in [0.1, 0.15) is 29.3 Å². The molecule has 2 aromatic rings. The zero-order valence-corrected chi connectivity index (χ0v) is 11.6. The van der Waals surface area contributed by atoms with Gasteiger partial charge in [0.15, 0.2) is 5.11 Å². The lowest BCUT2D eigenvalue weighted by molar-refractivity contribution is 0.303. The molecule has 0 spiro atoms. The van der Waals surface area contributed by atoms with E-state index in [1.807, 2.05) is 49.2 Å². The molecule has 0 saturated carbocycles. The van der Waals surface area contributed by atoms with Crippen molar-refractivity contribution in [3.8, 4) is 0 Å². The molecule has 1 saturated heterocycles. The van der Waals surface area contributed by atoms with E-state index < -0.39 is 0 Å². The number of hydrogen-bond acceptors (Lipinski definition) is 3. The van der Waals surface area contributed by atoms with Gasteiger partial charge in [-0.3, -0.25) is 4.98 Å². The van der Waals surface area contributed by atoms with Crippen molar-refractivity contribution in [1.29, 1.82) is 0 Å². The molecule has 2 aromatic heterocycles. The fourth-order valence-corrected chi connectivity index (χ4v) is 2.67. The molecular weight excluding hydrogens is 258 g/mol. The first-order valence-corrected chi connectivity index (χ1v) is 6.58. The van der Waals surface area contributed by atoms with Crippen molar-refractivity contribution in [1.82, 2.24) is 15.2 Å². The number of thiocarbonyl (C=S) groups is 1. The van der Waals surface area contributed by atoms with Crippen LogP contribution in [0, 0.1) is 6.92 Å². The van der Waals surface area contributed by atoms with E-state index in [-0.39, 0.29) is 12.1 Å². The van der Waals surface area contributed by atoms with E-state index in [1.54, 1.807) is 6.20 Å². The van der Waals surface area contributed by atoms with E-state index in [2.05, 4.69) is 10.3 Å². The summed E-state index contributed by atoms with van der Waals surface area (Å²) in [5.41, 5.74) is 0.966. The maximum Gasteiger partial charge on any atom is 0.170 e. The molecule has 0 radical (unpaired) electrons. The Morgan fingerprint density at radius 1 is 1.32 bits per heavy atom. The Morgan fingerprint density at radius 2 is 2.16 bits per heavy atom. The number of pyridine rings is 1. The lowest BCUT2D eigenvalue weighted by Gasteiger charge is -2.21. The van der Waals surface area contributed by atoms with E-state index in [4.69, 9.17) is 16.6 Å². The van der Waals surface area contributed by atoms with Crippen molar-refractivity contribution in [3.05, 3.63) is 53.7 Å². The minimum Gasteiger partial charge on any atom is -0.464 e. The average molecular weight is 273 g/mol. The third-order valence-electron chi connectivity index (χ3n) is 3.39. The van der Waals surface area contributed by atoms with Crippen molar-refractivity contribution >= 4 is 17.3 Å². The molecule has 5 heteroatoms. The fraction of sp³-hybridized carbons (Fsp3) is 0.286. The molecule has 0 unspecified atom stereocenters. The van der Waals surface area contributed by atoms with Gasteiger partial charge in [0.25, 0.3) is 0 Å². The van der Waals surface area contributed by atoms with Crippen LogP contribution in [0.5, 0.6) is 0 Å². The average Bonchev–Trinajstić information content (AvgIpc) is 2.96. The van der Waals surface area contributed by atoms with Crippen LogP contribution in [0.15, 0.2) is 40.9 Å². The third-order valence-corrected chi connectivity index (χ3v) is 3.80. The van der Waals surface area contributed by atoms with Crippen molar-refractivity contribution < 1.29 is 4.42 Å². The Hall–Kier alpha value is -1.88. The highest BCUT2D eigenvalue weighted by atomic mass is 32.1. The summed E-state index contributed by atoms with van der Waals surface area (Å²) in [5.74, 6) is 1.81. The molecule has 1 aliphatic heterocycles. The number of aromatic nitrogens is 1. The molecule has 1 fully saturated rings. The third kappa shape index (κ3) is 2.10. The van der Waals surface area contributed by atoms with Crippen LogP contribution in [0.3, 0.4) is 0 Å². The molecule has 2 atom stereocenters. The molecule has 1 N–H and O–H groups in total. The number of hydrogen-bond donors (Lipinski definition) is 1. The minimum absolute atomic E-state index is 0.0178. The van der Waals surface area contributed by atoms with Gasteiger partial charge >= 0.3 is 0 Å². The normalized spacial score (nSPS) is 22.6. The predicted molar refractivity (Wildman–Crippen MR) is 76.7 cm³/mol. The molecule has 0 bridgehead atoms. The highest BCUT2D eigenvalue weighted by Gasteiger charge is 2.39. The van der Waals surface area contributed by atoms with Crippen molar-refractivity contribution in [2.24, 2.45) is 0 Å². The number of rotatable bonds is 2. The summed E-state index contributed by atoms with van der Waals surface area (Å²) in [6.45, 7) is 1.94. The number of likely N-dealkylation sites (N-methyl/N-ethyl adjacent to an activating group) is 1. The first-order chi connectivity index (χ1) is 9.16. The number of nitrogens with one attached hydrogen (secondary N) is 1. The number of furan rings is 1. The second-order valence-corrected chi connectivity index (χ2v) is 5.07. The summed E-state index contributed by atoms with van der Waals surface area (Å²) >= 11 is 5.35. The van der Waals surface area contributed by atoms with Gasteiger partial charge in [-0.2, -0.15) is 0 Å². The van der Waals surface area contributed by atoms with Crippen LogP contribution in [0.2, 0.25) is 0 Å². The zero-order chi connectivity index (χ0) is 13.4. The summed E-state index contributed by atoms with van der Waals surface area (Å²) in [5, 5.41) is 4.03. The monoisotopic (exact) mass is 273 g/mol. The van der Waals surface area contributed by atoms with Crippen LogP contribution in [0.4, 0.5) is 0 Å². The molecule has 0 amide bonds. The molecule has 4 nitrogen and oxygen atoms in total. The van der Waals surface area contributed by atoms with Crippen LogP contribution < -0.4 is 5.32 Å². The van der Waals surface area contributed by atoms with Gasteiger partial charge < -0.3 is 14.6 Å². The van der Waals surface area contributed by atoms with Gasteiger partial charge in [-0.05, 0) is 43.4 Å². The largest absolute Gasteiger partial charge is 0.464 e. The summed E-state index contributed by atoms with van der Waals surface area (Å²) in [7, 11) is 1.97. The number of aryl methyl sites for hydroxylation is 1. The van der Waals surface area contributed by atoms with E-state index in [1.165, 1.54) is 0 Å². The Kier molecular flexibility index (Phi) is 2.98. The summed E-state index contributed by atoms with van der Waals surface area (Å²) in [6, 6.07) is 9.92. The van der Waals surface area contributed by atoms with E-state index in [0.29, 0.717) is 0 Å². The molecule has 98 valence electrons. The summed E-state index contributed by atoms with van der Waals surface area (Å²) < 4.78 is 5.77. The molecule has 1 aliphatic rings. The lowest BCUT2D eigenvalue weighted by Crippen LogP contribution is -2.24. The lowest BCUT2D eigenvalue weighted by atomic mass is 10.0. The SMILES string of the molecule is Cc1ccc([C@@H]2[C@H](c3ccccn3)NC(=S)N2C)o1. The van der Waals surface area contributed by atoms with Crippen LogP contribution in [-0.2, 0) is 0 Å². The first kappa shape index (κ1) is 12.2. The van der Waals surface area contributed by atoms with Crippen molar-refractivity contribution in [2.75, 3.05) is 7.05 Å². The molecule has 19 heavy (non-hydrogen) atoms. The summed E-state index contributed by atoms with van der Waals surface area (Å²) in [4.78, 5) is 6.44. The molecule has 3 rings (SSSR count). The summed E-state index contributed by atoms with van der Waals surface area (Å²) in [6.07, 6.45) is 1.79. The maximum absolute atomic E-state index is 5.77. The fourth-order valence-electron chi connectivity index (χ4n) is 2.43. The highest BCUT2D eigenvalue weighted by molar-refractivity contribution is 7.80. The van der Waals surface area contributed by atoms with E-state index >= 15 is 0 Å². The molecule has 0 aromatic carbocycles. The van der Waals surface area contributed by atoms with Gasteiger partial charge in [0.2, 0.25) is 0 Å². The highest BCUT2D eigenvalue weighted by Crippen LogP contribution is 2.37. The van der Waals surface area contributed by atoms with Gasteiger partial charge in [-0.25, -0.2) is 0 Å². The minimum atomic E-state index is 0.0178. The Bertz CT molecular complexity index is 596. The Morgan fingerprint density at radius 3 is 2.79 bits per heavy atom. The molecular formula is C14H15N3OS. The van der Waals surface area contributed by atoms with Gasteiger partial charge in [0.1, 0.15) is 17.6 Å². The quantitative estimate of drug-likeness (QED) is 0.852. The van der Waals surface area contributed by atoms with Crippen LogP contribution in [-0.4, -0.2) is 22.0 Å². The topological polar surface area (TPSA) is 41.3 Å². The van der Waals surface area contributed by atoms with Crippen LogP contribution in [0.25, 0.3) is 0 Å². The van der Waals surface area contributed by atoms with Crippen molar-refractivity contribution in [2.45, 2.75) is 19.0 Å². The van der Waals surface area contributed by atoms with E-state index in [0.717, 1.165) is 22.3 Å². The van der Waals surface area contributed by atoms with Gasteiger partial charge in [0.05, 0.1) is 11.7 Å². The second kappa shape index (κ2) is 4.66. The van der Waals surface area contributed by atoms with Crippen LogP contribution >= 0.6 is 12.2 Å². The zero-order valence-electron chi connectivity index (χ0n) is 10.8. The van der Waals surface area contributed by atoms with E-state index in [9.17, 15) is 0 Å². The second-order valence-electron chi connectivity index (χ2n) is 4.69. The Balaban J connectivity index is 2.01. The Labute approximate surface area is 117 Å². The standard InChI is InChI=1S/C14H15N3OS/c1-9-6-7-11(18-9)13-12(16-14(19)17(13)2)10-5-3-4-8-15-10/h3-8,12-13H,1-2H3,(H,16,19)/t12-,13+/m0/s1. The van der Waals surface area contributed by atoms with Gasteiger partial charge in [0, 0.05) is 13.2 Å².